The summed E-state index contributed by atoms with van der Waals surface area (Å²) in [4.78, 5) is 78.9. The normalized spacial score (nSPS) is 33.2. The molecule has 3 fully saturated rings. The molecule has 60 heavy (non-hydrogen) atoms. The van der Waals surface area contributed by atoms with Crippen LogP contribution in [-0.2, 0) is 60.2 Å². The Morgan fingerprint density at radius 3 is 2.45 bits per heavy atom. The van der Waals surface area contributed by atoms with E-state index in [1.165, 1.54) is 21.1 Å². The van der Waals surface area contributed by atoms with Crippen molar-refractivity contribution in [1.29, 1.82) is 0 Å². The van der Waals surface area contributed by atoms with Crippen molar-refractivity contribution in [3.05, 3.63) is 71.1 Å². The van der Waals surface area contributed by atoms with Crippen LogP contribution in [0.15, 0.2) is 48.7 Å². The molecule has 7 unspecified atom stereocenters. The molecule has 1 amide bonds. The van der Waals surface area contributed by atoms with Crippen LogP contribution in [0.4, 0.5) is 5.69 Å². The van der Waals surface area contributed by atoms with Gasteiger partial charge in [-0.25, -0.2) is 4.79 Å². The smallest absolute Gasteiger partial charge is 0.344 e. The number of fused-ring (bicyclic) bond motifs is 6. The van der Waals surface area contributed by atoms with E-state index >= 15 is 4.79 Å². The summed E-state index contributed by atoms with van der Waals surface area (Å²) in [6, 6.07) is 10.9. The van der Waals surface area contributed by atoms with Crippen molar-refractivity contribution in [1.82, 2.24) is 14.8 Å². The number of para-hydroxylation sites is 1. The highest BCUT2D eigenvalue weighted by Gasteiger charge is 2.87. The van der Waals surface area contributed by atoms with Crippen molar-refractivity contribution in [3.63, 3.8) is 0 Å². The van der Waals surface area contributed by atoms with Crippen LogP contribution in [0.5, 0.6) is 5.75 Å². The summed E-state index contributed by atoms with van der Waals surface area (Å²) in [5.74, 6) is -1.67. The number of Topliss-reactive ketones (excluding diaryl/α,β-unsaturated/α-hetero) is 1. The number of esters is 3. The Hall–Kier alpha value is -5.37. The number of amides is 1. The van der Waals surface area contributed by atoms with Gasteiger partial charge in [0, 0.05) is 85.8 Å². The molecule has 1 aliphatic carbocycles. The molecule has 9 atom stereocenters. The number of carbonyl (C=O) groups is 5. The molecule has 1 saturated carbocycles. The van der Waals surface area contributed by atoms with Crippen molar-refractivity contribution in [2.75, 3.05) is 52.9 Å². The number of aromatic amines is 1. The van der Waals surface area contributed by atoms with Gasteiger partial charge in [-0.2, -0.15) is 0 Å². The number of nitrogens with zero attached hydrogens (tertiary/aromatic N) is 3. The number of hydrogen-bond donors (Lipinski definition) is 1. The minimum atomic E-state index is -1.73. The Kier molecular flexibility index (Phi) is 9.42. The number of rotatable bonds is 10. The number of H-pyrrole nitrogens is 1. The van der Waals surface area contributed by atoms with Crippen LogP contribution in [-0.4, -0.2) is 123 Å². The van der Waals surface area contributed by atoms with Crippen LogP contribution in [0.2, 0.25) is 0 Å². The molecule has 14 heteroatoms. The van der Waals surface area contributed by atoms with Gasteiger partial charge in [0.1, 0.15) is 16.9 Å². The summed E-state index contributed by atoms with van der Waals surface area (Å²) in [6.45, 7) is 6.54. The fourth-order valence-corrected chi connectivity index (χ4v) is 13.2. The molecule has 1 spiro atoms. The lowest BCUT2D eigenvalue weighted by Crippen LogP contribution is -2.78. The number of ketones is 1. The molecule has 6 aliphatic rings. The fourth-order valence-electron chi connectivity index (χ4n) is 13.2. The van der Waals surface area contributed by atoms with Gasteiger partial charge in [-0.05, 0) is 67.1 Å². The number of ether oxygens (including phenoxy) is 5. The van der Waals surface area contributed by atoms with Gasteiger partial charge in [-0.15, -0.1) is 0 Å². The highest BCUT2D eigenvalue weighted by atomic mass is 16.6. The van der Waals surface area contributed by atoms with Gasteiger partial charge in [0.15, 0.2) is 6.10 Å². The first-order valence-electron chi connectivity index (χ1n) is 21.1. The maximum absolute atomic E-state index is 15.3. The van der Waals surface area contributed by atoms with Gasteiger partial charge in [-0.3, -0.25) is 19.2 Å². The maximum Gasteiger partial charge on any atom is 0.344 e. The topological polar surface area (TPSA) is 157 Å². The zero-order chi connectivity index (χ0) is 42.5. The Balaban J connectivity index is 1.37. The van der Waals surface area contributed by atoms with Crippen molar-refractivity contribution < 1.29 is 47.7 Å². The summed E-state index contributed by atoms with van der Waals surface area (Å²) in [7, 11) is 6.22. The van der Waals surface area contributed by atoms with E-state index < -0.39 is 63.9 Å². The number of likely N-dealkylation sites (N-methyl/N-ethyl adjacent to an activating group) is 1. The highest BCUT2D eigenvalue weighted by molar-refractivity contribution is 5.95. The standard InChI is InChI=1S/C46H54N4O10/c1-8-28(53)20-27-23-45(41(54)57-6,37-30(14-17-49(24-27)25-51)29-12-10-11-13-33(29)47-37)32-21-31-34(22-35(32)56-5)48(4)39-44(31)16-19-50-18-15-36-43(9-2,38(44)50)40(59-26(3)52)46(39,60-36)42(55)58-7/h10-13,15,18,21-22,25,27,36,38-40,47H,8-9,14,16-17,19-20,23-24H2,1-7H3/t27?,36?,38?,39?,40?,43-,44?,45+,46?/m1/s1. The summed E-state index contributed by atoms with van der Waals surface area (Å²) >= 11 is 0. The SMILES string of the molecule is CCC(=O)CC1CN(C=O)CCc2c([nH]c3ccccc23)[C@@](C(=O)OC)(c2cc3c(cc2OC)N(C)C2C4(C(=O)OC)OC5C=CN6CCC32C6[C@]5(CC)C4OC(C)=O)C1. The molecule has 9 rings (SSSR count). The summed E-state index contributed by atoms with van der Waals surface area (Å²) in [5, 5.41) is 0.919. The Bertz CT molecular complexity index is 2340. The lowest BCUT2D eigenvalue weighted by atomic mass is 9.48. The second kappa shape index (κ2) is 14.1. The monoisotopic (exact) mass is 822 g/mol. The van der Waals surface area contributed by atoms with Gasteiger partial charge < -0.3 is 43.4 Å². The van der Waals surface area contributed by atoms with Crippen LogP contribution in [0, 0.1) is 11.3 Å². The van der Waals surface area contributed by atoms with Crippen molar-refractivity contribution in [2.24, 2.45) is 11.3 Å². The lowest BCUT2D eigenvalue weighted by Gasteiger charge is -2.59. The number of methoxy groups -OCH3 is 3. The van der Waals surface area contributed by atoms with Crippen LogP contribution in [0.3, 0.4) is 0 Å². The lowest BCUT2D eigenvalue weighted by molar-refractivity contribution is -0.198. The van der Waals surface area contributed by atoms with Crippen molar-refractivity contribution in [2.45, 2.75) is 100 Å². The predicted octanol–water partition coefficient (Wildman–Crippen LogP) is 4.34. The second-order valence-electron chi connectivity index (χ2n) is 17.6. The molecule has 5 aliphatic heterocycles. The average Bonchev–Trinajstić information content (AvgIpc) is 3.98. The zero-order valence-corrected chi connectivity index (χ0v) is 35.4. The first-order chi connectivity index (χ1) is 28.9. The summed E-state index contributed by atoms with van der Waals surface area (Å²) in [5.41, 5.74) is -0.388. The molecule has 2 aromatic carbocycles. The minimum absolute atomic E-state index is 0.0222. The molecule has 1 N–H and O–H groups in total. The molecule has 3 aromatic rings. The van der Waals surface area contributed by atoms with Crippen LogP contribution in [0.1, 0.15) is 75.3 Å². The number of hydrogen-bond acceptors (Lipinski definition) is 12. The molecule has 6 heterocycles. The number of benzene rings is 2. The first kappa shape index (κ1) is 40.1. The van der Waals surface area contributed by atoms with E-state index in [1.807, 2.05) is 50.4 Å². The number of nitrogens with one attached hydrogen (secondary N) is 1. The quantitative estimate of drug-likeness (QED) is 0.176. The molecule has 1 aromatic heterocycles. The van der Waals surface area contributed by atoms with Crippen molar-refractivity contribution in [3.8, 4) is 5.75 Å². The maximum atomic E-state index is 15.3. The molecular formula is C46H54N4O10. The zero-order valence-electron chi connectivity index (χ0n) is 35.4. The summed E-state index contributed by atoms with van der Waals surface area (Å²) < 4.78 is 31.3. The molecule has 318 valence electrons. The highest BCUT2D eigenvalue weighted by Crippen LogP contribution is 2.73. The molecular weight excluding hydrogens is 769 g/mol. The third kappa shape index (κ3) is 4.93. The molecule has 0 radical (unpaired) electrons. The van der Waals surface area contributed by atoms with E-state index in [0.717, 1.165) is 34.1 Å². The van der Waals surface area contributed by atoms with E-state index in [0.29, 0.717) is 55.8 Å². The number of carbonyl (C=O) groups excluding carboxylic acids is 5. The molecule has 2 bridgehead atoms. The Morgan fingerprint density at radius 2 is 1.77 bits per heavy atom. The Labute approximate surface area is 349 Å². The largest absolute Gasteiger partial charge is 0.496 e. The number of anilines is 1. The van der Waals surface area contributed by atoms with Gasteiger partial charge >= 0.3 is 17.9 Å². The second-order valence-corrected chi connectivity index (χ2v) is 17.6. The van der Waals surface area contributed by atoms with Gasteiger partial charge in [-0.1, -0.05) is 32.0 Å². The average molecular weight is 823 g/mol. The summed E-state index contributed by atoms with van der Waals surface area (Å²) in [6.07, 6.45) is 5.50. The van der Waals surface area contributed by atoms with Gasteiger partial charge in [0.2, 0.25) is 12.0 Å². The molecule has 2 saturated heterocycles. The van der Waals surface area contributed by atoms with Gasteiger partial charge in [0.25, 0.3) is 0 Å². The van der Waals surface area contributed by atoms with Crippen molar-refractivity contribution >= 4 is 46.7 Å². The third-order valence-electron chi connectivity index (χ3n) is 15.2. The van der Waals surface area contributed by atoms with E-state index in [4.69, 9.17) is 23.7 Å². The van der Waals surface area contributed by atoms with E-state index in [9.17, 15) is 19.2 Å². The molecule has 14 nitrogen and oxygen atoms in total. The first-order valence-corrected chi connectivity index (χ1v) is 21.1. The van der Waals surface area contributed by atoms with Crippen LogP contribution >= 0.6 is 0 Å². The van der Waals surface area contributed by atoms with Gasteiger partial charge in [0.05, 0.1) is 44.9 Å². The van der Waals surface area contributed by atoms with Crippen LogP contribution < -0.4 is 9.64 Å². The fraction of sp³-hybridized carbons (Fsp3) is 0.543. The third-order valence-corrected chi connectivity index (χ3v) is 15.2. The van der Waals surface area contributed by atoms with E-state index in [2.05, 4.69) is 34.0 Å². The minimum Gasteiger partial charge on any atom is -0.496 e. The predicted molar refractivity (Wildman–Crippen MR) is 219 cm³/mol. The Morgan fingerprint density at radius 1 is 1.00 bits per heavy atom. The van der Waals surface area contributed by atoms with E-state index in [1.54, 1.807) is 12.0 Å². The van der Waals surface area contributed by atoms with E-state index in [-0.39, 0.29) is 31.2 Å². The number of aromatic nitrogens is 1. The van der Waals surface area contributed by atoms with Crippen LogP contribution in [0.25, 0.3) is 10.9 Å².